The number of nitrogens with one attached hydrogen (secondary N) is 2. The van der Waals surface area contributed by atoms with E-state index in [-0.39, 0.29) is 38.7 Å². The predicted octanol–water partition coefficient (Wildman–Crippen LogP) is 3.94. The Morgan fingerprint density at radius 3 is 2.64 bits per heavy atom. The normalized spacial score (nSPS) is 21.9. The molecule has 4 rings (SSSR count). The van der Waals surface area contributed by atoms with Gasteiger partial charge in [-0.1, -0.05) is 26.0 Å². The quantitative estimate of drug-likeness (QED) is 0.462. The van der Waals surface area contributed by atoms with E-state index in [9.17, 15) is 33.4 Å². The molecule has 33 heavy (non-hydrogen) atoms. The van der Waals surface area contributed by atoms with Crippen LogP contribution >= 0.6 is 0 Å². The fourth-order valence-corrected chi connectivity index (χ4v) is 4.89. The minimum absolute atomic E-state index is 0.0230. The number of anilines is 1. The topological polar surface area (TPSA) is 122 Å². The van der Waals surface area contributed by atoms with Gasteiger partial charge in [-0.25, -0.2) is 5.10 Å². The lowest BCUT2D eigenvalue weighted by Crippen LogP contribution is -2.58. The first kappa shape index (κ1) is 22.6. The maximum absolute atomic E-state index is 14.4. The van der Waals surface area contributed by atoms with Gasteiger partial charge in [-0.05, 0) is 42.0 Å². The van der Waals surface area contributed by atoms with E-state index in [2.05, 4.69) is 15.5 Å². The molecule has 10 heteroatoms. The van der Waals surface area contributed by atoms with Gasteiger partial charge in [-0.15, -0.1) is 0 Å². The largest absolute Gasteiger partial charge is 0.506 e. The van der Waals surface area contributed by atoms with Crippen LogP contribution in [0.1, 0.15) is 48.6 Å². The fraction of sp³-hybridized carbons (Fsp3) is 0.348. The molecule has 0 saturated carbocycles. The highest BCUT2D eigenvalue weighted by Gasteiger charge is 2.64. The van der Waals surface area contributed by atoms with Crippen LogP contribution < -0.4 is 10.9 Å². The molecule has 4 N–H and O–H groups in total. The third-order valence-corrected chi connectivity index (χ3v) is 6.32. The number of alkyl halides is 3. The van der Waals surface area contributed by atoms with Crippen molar-refractivity contribution in [3.05, 3.63) is 63.1 Å². The van der Waals surface area contributed by atoms with Gasteiger partial charge in [0, 0.05) is 16.6 Å². The number of aryl methyl sites for hydroxylation is 1. The fourth-order valence-electron chi connectivity index (χ4n) is 4.89. The van der Waals surface area contributed by atoms with Gasteiger partial charge in [0.1, 0.15) is 11.8 Å². The number of phenolic OH excluding ortho intramolecular Hbond substituents is 1. The maximum atomic E-state index is 14.4. The number of benzene rings is 2. The Hall–Kier alpha value is -3.58. The van der Waals surface area contributed by atoms with E-state index in [1.807, 2.05) is 6.07 Å². The van der Waals surface area contributed by atoms with Crippen molar-refractivity contribution < 1.29 is 23.4 Å². The molecule has 3 aromatic rings. The molecular formula is C23H21F3N4O3. The minimum Gasteiger partial charge on any atom is -0.506 e. The number of rotatable bonds is 2. The average molecular weight is 458 g/mol. The third-order valence-electron chi connectivity index (χ3n) is 6.32. The lowest BCUT2D eigenvalue weighted by molar-refractivity contribution is -0.275. The van der Waals surface area contributed by atoms with Crippen LogP contribution in [0.4, 0.5) is 18.9 Å². The summed E-state index contributed by atoms with van der Waals surface area (Å²) < 4.78 is 43.1. The Morgan fingerprint density at radius 1 is 1.30 bits per heavy atom. The molecule has 0 bridgehead atoms. The van der Waals surface area contributed by atoms with Gasteiger partial charge in [0.25, 0.3) is 5.56 Å². The lowest BCUT2D eigenvalue weighted by atomic mass is 9.62. The molecule has 0 fully saturated rings. The number of H-pyrrole nitrogens is 1. The van der Waals surface area contributed by atoms with Crippen molar-refractivity contribution in [1.82, 2.24) is 10.2 Å². The van der Waals surface area contributed by atoms with Gasteiger partial charge in [0.2, 0.25) is 0 Å². The van der Waals surface area contributed by atoms with Crippen LogP contribution in [0.3, 0.4) is 0 Å². The molecule has 2 atom stereocenters. The average Bonchev–Trinajstić information content (AvgIpc) is 2.70. The van der Waals surface area contributed by atoms with Crippen LogP contribution in [0.5, 0.6) is 5.75 Å². The molecule has 2 aromatic carbocycles. The van der Waals surface area contributed by atoms with Crippen LogP contribution in [0.2, 0.25) is 0 Å². The summed E-state index contributed by atoms with van der Waals surface area (Å²) in [6, 6.07) is 6.04. The van der Waals surface area contributed by atoms with Crippen LogP contribution in [-0.2, 0) is 5.41 Å². The first-order valence-electron chi connectivity index (χ1n) is 10.1. The van der Waals surface area contributed by atoms with Gasteiger partial charge < -0.3 is 15.5 Å². The molecule has 0 saturated heterocycles. The number of aromatic amines is 1. The van der Waals surface area contributed by atoms with Gasteiger partial charge in [0.05, 0.1) is 23.2 Å². The number of nitriles is 1. The molecule has 1 aromatic heterocycles. The molecular weight excluding hydrogens is 437 g/mol. The van der Waals surface area contributed by atoms with Crippen LogP contribution in [-0.4, -0.2) is 32.2 Å². The summed E-state index contributed by atoms with van der Waals surface area (Å²) in [6.45, 7) is 4.47. The molecule has 0 amide bonds. The molecule has 0 aliphatic heterocycles. The van der Waals surface area contributed by atoms with Gasteiger partial charge in [-0.3, -0.25) is 4.79 Å². The van der Waals surface area contributed by atoms with Crippen molar-refractivity contribution in [2.24, 2.45) is 0 Å². The van der Waals surface area contributed by atoms with Crippen molar-refractivity contribution in [3.8, 4) is 11.8 Å². The molecule has 0 radical (unpaired) electrons. The van der Waals surface area contributed by atoms with Gasteiger partial charge in [-0.2, -0.15) is 23.5 Å². The van der Waals surface area contributed by atoms with E-state index < -0.39 is 41.0 Å². The summed E-state index contributed by atoms with van der Waals surface area (Å²) in [5.41, 5.74) is -4.45. The Balaban J connectivity index is 2.03. The van der Waals surface area contributed by atoms with Crippen molar-refractivity contribution in [2.75, 3.05) is 5.32 Å². The lowest BCUT2D eigenvalue weighted by Gasteiger charge is -2.49. The number of hydrogen-bond acceptors (Lipinski definition) is 6. The second-order valence-electron chi connectivity index (χ2n) is 9.02. The van der Waals surface area contributed by atoms with Crippen LogP contribution in [0, 0.1) is 18.3 Å². The number of aliphatic hydroxyl groups is 1. The summed E-state index contributed by atoms with van der Waals surface area (Å²) in [6.07, 6.45) is -4.49. The first-order valence-corrected chi connectivity index (χ1v) is 10.1. The smallest absolute Gasteiger partial charge is 0.419 e. The Bertz CT molecular complexity index is 1370. The zero-order chi connectivity index (χ0) is 24.3. The van der Waals surface area contributed by atoms with E-state index in [4.69, 9.17) is 0 Å². The molecule has 1 heterocycles. The highest BCUT2D eigenvalue weighted by atomic mass is 19.4. The van der Waals surface area contributed by atoms with Crippen molar-refractivity contribution in [1.29, 1.82) is 5.26 Å². The summed E-state index contributed by atoms with van der Waals surface area (Å²) in [5.74, 6) is -0.399. The molecule has 1 aliphatic carbocycles. The number of nitrogens with zero attached hydrogens (tertiary/aromatic N) is 2. The standard InChI is InChI=1S/C23H21F3N4O3/c1-11-7-13-17(18(31)14(11)8-27)21(2,3)10-22(33,23(24,25)26)19(13)29-16-6-4-5-12-15(16)9-28-30-20(12)32/h4-7,9,19,29,31,33H,10H2,1-3H3,(H,30,32). The summed E-state index contributed by atoms with van der Waals surface area (Å²) in [4.78, 5) is 12.1. The summed E-state index contributed by atoms with van der Waals surface area (Å²) >= 11 is 0. The SMILES string of the molecule is Cc1cc2c(c(O)c1C#N)C(C)(C)CC(O)(C(F)(F)F)C2Nc1cccc2c(=O)[nH]ncc12. The second kappa shape index (κ2) is 7.22. The third kappa shape index (κ3) is 3.31. The zero-order valence-corrected chi connectivity index (χ0v) is 18.0. The van der Waals surface area contributed by atoms with Crippen LogP contribution in [0.25, 0.3) is 10.8 Å². The minimum atomic E-state index is -5.03. The molecule has 172 valence electrons. The van der Waals surface area contributed by atoms with Gasteiger partial charge >= 0.3 is 6.18 Å². The monoisotopic (exact) mass is 458 g/mol. The first-order chi connectivity index (χ1) is 15.3. The predicted molar refractivity (Wildman–Crippen MR) is 115 cm³/mol. The zero-order valence-electron chi connectivity index (χ0n) is 18.0. The Kier molecular flexibility index (Phi) is 4.94. The number of halogens is 3. The van der Waals surface area contributed by atoms with E-state index >= 15 is 0 Å². The molecule has 2 unspecified atom stereocenters. The molecule has 0 spiro atoms. The van der Waals surface area contributed by atoms with Crippen molar-refractivity contribution in [3.63, 3.8) is 0 Å². The van der Waals surface area contributed by atoms with Crippen LogP contribution in [0.15, 0.2) is 35.3 Å². The molecule has 7 nitrogen and oxygen atoms in total. The van der Waals surface area contributed by atoms with E-state index in [0.29, 0.717) is 0 Å². The molecule has 1 aliphatic rings. The van der Waals surface area contributed by atoms with E-state index in [1.54, 1.807) is 0 Å². The number of aromatic hydroxyl groups is 1. The number of phenols is 1. The highest BCUT2D eigenvalue weighted by molar-refractivity contribution is 5.92. The maximum Gasteiger partial charge on any atom is 0.419 e. The number of fused-ring (bicyclic) bond motifs is 2. The van der Waals surface area contributed by atoms with E-state index in [0.717, 1.165) is 0 Å². The number of hydrogen-bond donors (Lipinski definition) is 4. The van der Waals surface area contributed by atoms with Gasteiger partial charge in [0.15, 0.2) is 5.60 Å². The Morgan fingerprint density at radius 2 is 2.00 bits per heavy atom. The summed E-state index contributed by atoms with van der Waals surface area (Å²) in [7, 11) is 0. The second-order valence-corrected chi connectivity index (χ2v) is 9.02. The highest BCUT2D eigenvalue weighted by Crippen LogP contribution is 2.57. The summed E-state index contributed by atoms with van der Waals surface area (Å²) in [5, 5.41) is 40.7. The van der Waals surface area contributed by atoms with E-state index in [1.165, 1.54) is 51.2 Å². The van der Waals surface area contributed by atoms with Crippen molar-refractivity contribution >= 4 is 16.5 Å². The number of aromatic nitrogens is 2. The van der Waals surface area contributed by atoms with Crippen molar-refractivity contribution in [2.45, 2.75) is 50.4 Å². The Labute approximate surface area is 186 Å².